The predicted octanol–water partition coefficient (Wildman–Crippen LogP) is 3.78. The van der Waals surface area contributed by atoms with Gasteiger partial charge in [-0.05, 0) is 23.6 Å². The minimum atomic E-state index is 0.0590. The number of ether oxygens (including phenoxy) is 1. The Morgan fingerprint density at radius 3 is 2.62 bits per heavy atom. The van der Waals surface area contributed by atoms with Gasteiger partial charge in [-0.2, -0.15) is 9.97 Å². The van der Waals surface area contributed by atoms with E-state index in [1.807, 2.05) is 30.3 Å². The van der Waals surface area contributed by atoms with E-state index in [0.717, 1.165) is 18.4 Å². The third-order valence-corrected chi connectivity index (χ3v) is 4.13. The molecule has 7 nitrogen and oxygen atoms in total. The minimum absolute atomic E-state index is 0.0590. The maximum atomic E-state index is 11.3. The third-order valence-electron chi connectivity index (χ3n) is 4.13. The van der Waals surface area contributed by atoms with Crippen LogP contribution in [0.25, 0.3) is 0 Å². The van der Waals surface area contributed by atoms with Crippen LogP contribution >= 0.6 is 0 Å². The smallest absolute Gasteiger partial charge is 0.251 e. The number of nitrogens with two attached hydrogens (primary N) is 1. The number of anilines is 2. The average molecular weight is 327 g/mol. The maximum Gasteiger partial charge on any atom is 0.251 e. The standard InChI is InChI=1S/C17H21N5O2/c18-17-20-15(19-13-9-5-2-6-10-13)14(22-23)16(21-17)24-11-12-7-3-1-4-8-12/h1,3-4,7-8,13H,2,5-6,9-11H2,(H3,18,19,20,21). The van der Waals surface area contributed by atoms with Gasteiger partial charge in [-0.1, -0.05) is 49.6 Å². The van der Waals surface area contributed by atoms with E-state index < -0.39 is 0 Å². The number of hydrogen-bond acceptors (Lipinski definition) is 7. The lowest BCUT2D eigenvalue weighted by molar-refractivity contribution is 0.295. The van der Waals surface area contributed by atoms with Gasteiger partial charge < -0.3 is 15.8 Å². The fourth-order valence-corrected chi connectivity index (χ4v) is 2.90. The van der Waals surface area contributed by atoms with E-state index in [9.17, 15) is 4.91 Å². The number of nitrogen functional groups attached to an aromatic ring is 1. The van der Waals surface area contributed by atoms with Gasteiger partial charge in [0.25, 0.3) is 5.88 Å². The lowest BCUT2D eigenvalue weighted by atomic mass is 9.95. The molecule has 126 valence electrons. The fourth-order valence-electron chi connectivity index (χ4n) is 2.90. The fraction of sp³-hybridized carbons (Fsp3) is 0.412. The summed E-state index contributed by atoms with van der Waals surface area (Å²) in [5, 5.41) is 6.35. The van der Waals surface area contributed by atoms with Gasteiger partial charge in [0.2, 0.25) is 11.6 Å². The molecule has 0 bridgehead atoms. The number of rotatable bonds is 6. The van der Waals surface area contributed by atoms with Crippen LogP contribution in [0.2, 0.25) is 0 Å². The molecule has 3 N–H and O–H groups in total. The molecule has 1 heterocycles. The highest BCUT2D eigenvalue weighted by molar-refractivity contribution is 5.68. The van der Waals surface area contributed by atoms with Crippen molar-refractivity contribution >= 4 is 17.5 Å². The summed E-state index contributed by atoms with van der Waals surface area (Å²) in [5.74, 6) is 0.524. The molecule has 3 rings (SSSR count). The molecule has 0 aliphatic heterocycles. The topological polar surface area (TPSA) is 102 Å². The second kappa shape index (κ2) is 7.72. The summed E-state index contributed by atoms with van der Waals surface area (Å²) < 4.78 is 5.66. The number of nitroso groups, excluding NO2 is 1. The zero-order valence-electron chi connectivity index (χ0n) is 13.4. The number of benzene rings is 1. The van der Waals surface area contributed by atoms with Crippen molar-refractivity contribution in [1.29, 1.82) is 0 Å². The highest BCUT2D eigenvalue weighted by Gasteiger charge is 2.20. The van der Waals surface area contributed by atoms with Crippen LogP contribution in [0, 0.1) is 4.91 Å². The molecular formula is C17H21N5O2. The number of aromatic nitrogens is 2. The van der Waals surface area contributed by atoms with Crippen molar-refractivity contribution in [3.63, 3.8) is 0 Å². The molecule has 1 fully saturated rings. The van der Waals surface area contributed by atoms with E-state index in [4.69, 9.17) is 10.5 Å². The van der Waals surface area contributed by atoms with E-state index in [0.29, 0.717) is 5.82 Å². The first-order valence-corrected chi connectivity index (χ1v) is 8.20. The Morgan fingerprint density at radius 2 is 1.92 bits per heavy atom. The molecule has 1 saturated carbocycles. The van der Waals surface area contributed by atoms with Crippen molar-refractivity contribution < 1.29 is 4.74 Å². The molecule has 2 aromatic rings. The summed E-state index contributed by atoms with van der Waals surface area (Å²) in [4.78, 5) is 19.5. The molecule has 0 spiro atoms. The second-order valence-corrected chi connectivity index (χ2v) is 5.93. The van der Waals surface area contributed by atoms with Gasteiger partial charge in [-0.25, -0.2) is 0 Å². The van der Waals surface area contributed by atoms with Crippen molar-refractivity contribution in [2.75, 3.05) is 11.1 Å². The zero-order chi connectivity index (χ0) is 16.8. The first kappa shape index (κ1) is 16.2. The van der Waals surface area contributed by atoms with Crippen LogP contribution in [0.4, 0.5) is 17.5 Å². The Labute approximate surface area is 140 Å². The summed E-state index contributed by atoms with van der Waals surface area (Å²) in [5.41, 5.74) is 6.81. The number of nitrogens with zero attached hydrogens (tertiary/aromatic N) is 3. The highest BCUT2D eigenvalue weighted by atomic mass is 16.5. The SMILES string of the molecule is Nc1nc(NC2CCCCC2)c(N=O)c(OCc2ccccc2)n1. The Kier molecular flexibility index (Phi) is 5.20. The quantitative estimate of drug-likeness (QED) is 0.783. The molecule has 0 unspecified atom stereocenters. The van der Waals surface area contributed by atoms with E-state index in [2.05, 4.69) is 20.5 Å². The first-order chi connectivity index (χ1) is 11.8. The molecule has 0 radical (unpaired) electrons. The van der Waals surface area contributed by atoms with E-state index >= 15 is 0 Å². The average Bonchev–Trinajstić information content (AvgIpc) is 2.61. The second-order valence-electron chi connectivity index (χ2n) is 5.93. The van der Waals surface area contributed by atoms with Gasteiger partial charge in [0.1, 0.15) is 6.61 Å². The van der Waals surface area contributed by atoms with Gasteiger partial charge >= 0.3 is 0 Å². The minimum Gasteiger partial charge on any atom is -0.471 e. The molecular weight excluding hydrogens is 306 g/mol. The summed E-state index contributed by atoms with van der Waals surface area (Å²) in [6, 6.07) is 9.90. The zero-order valence-corrected chi connectivity index (χ0v) is 13.4. The number of nitrogens with one attached hydrogen (secondary N) is 1. The molecule has 0 amide bonds. The molecule has 1 aromatic heterocycles. The Morgan fingerprint density at radius 1 is 1.17 bits per heavy atom. The molecule has 0 saturated heterocycles. The molecule has 1 aliphatic rings. The lowest BCUT2D eigenvalue weighted by Crippen LogP contribution is -2.23. The van der Waals surface area contributed by atoms with Gasteiger partial charge in [0, 0.05) is 6.04 Å². The van der Waals surface area contributed by atoms with Crippen LogP contribution in [-0.2, 0) is 6.61 Å². The predicted molar refractivity (Wildman–Crippen MR) is 93.2 cm³/mol. The van der Waals surface area contributed by atoms with E-state index in [-0.39, 0.29) is 30.2 Å². The van der Waals surface area contributed by atoms with Crippen LogP contribution < -0.4 is 15.8 Å². The highest BCUT2D eigenvalue weighted by Crippen LogP contribution is 2.35. The Bertz CT molecular complexity index is 687. The van der Waals surface area contributed by atoms with Crippen LogP contribution in [0.15, 0.2) is 35.5 Å². The summed E-state index contributed by atoms with van der Waals surface area (Å²) in [6.07, 6.45) is 5.66. The van der Waals surface area contributed by atoms with Crippen molar-refractivity contribution in [1.82, 2.24) is 9.97 Å². The number of hydrogen-bond donors (Lipinski definition) is 2. The van der Waals surface area contributed by atoms with Crippen LogP contribution in [0.5, 0.6) is 5.88 Å². The Hall–Kier alpha value is -2.70. The lowest BCUT2D eigenvalue weighted by Gasteiger charge is -2.23. The van der Waals surface area contributed by atoms with Crippen molar-refractivity contribution in [2.24, 2.45) is 5.18 Å². The maximum absolute atomic E-state index is 11.3. The molecule has 1 aromatic carbocycles. The van der Waals surface area contributed by atoms with Gasteiger partial charge in [-0.15, -0.1) is 4.91 Å². The Balaban J connectivity index is 1.79. The van der Waals surface area contributed by atoms with Gasteiger partial charge in [-0.3, -0.25) is 0 Å². The largest absolute Gasteiger partial charge is 0.471 e. The molecule has 1 aliphatic carbocycles. The monoisotopic (exact) mass is 327 g/mol. The molecule has 7 heteroatoms. The summed E-state index contributed by atoms with van der Waals surface area (Å²) >= 11 is 0. The van der Waals surface area contributed by atoms with E-state index in [1.54, 1.807) is 0 Å². The van der Waals surface area contributed by atoms with Crippen LogP contribution in [-0.4, -0.2) is 16.0 Å². The normalized spacial score (nSPS) is 15.0. The summed E-state index contributed by atoms with van der Waals surface area (Å²) in [7, 11) is 0. The van der Waals surface area contributed by atoms with Crippen molar-refractivity contribution in [3.05, 3.63) is 40.8 Å². The summed E-state index contributed by atoms with van der Waals surface area (Å²) in [6.45, 7) is 0.280. The van der Waals surface area contributed by atoms with Crippen LogP contribution in [0.3, 0.4) is 0 Å². The van der Waals surface area contributed by atoms with E-state index in [1.165, 1.54) is 19.3 Å². The van der Waals surface area contributed by atoms with Crippen LogP contribution in [0.1, 0.15) is 37.7 Å². The molecule has 24 heavy (non-hydrogen) atoms. The van der Waals surface area contributed by atoms with Crippen molar-refractivity contribution in [3.8, 4) is 5.88 Å². The van der Waals surface area contributed by atoms with Gasteiger partial charge in [0.15, 0.2) is 5.82 Å². The third kappa shape index (κ3) is 3.98. The van der Waals surface area contributed by atoms with Gasteiger partial charge in [0.05, 0.1) is 0 Å². The first-order valence-electron chi connectivity index (χ1n) is 8.20. The molecule has 0 atom stereocenters. The van der Waals surface area contributed by atoms with Crippen molar-refractivity contribution in [2.45, 2.75) is 44.8 Å².